The fraction of sp³-hybridized carbons (Fsp3) is 0.476. The first kappa shape index (κ1) is 23.0. The number of rotatable bonds is 7. The van der Waals surface area contributed by atoms with Gasteiger partial charge in [0.2, 0.25) is 10.0 Å². The summed E-state index contributed by atoms with van der Waals surface area (Å²) >= 11 is 3.38. The van der Waals surface area contributed by atoms with E-state index in [0.29, 0.717) is 17.6 Å². The molecule has 2 aromatic rings. The Hall–Kier alpha value is -1.68. The van der Waals surface area contributed by atoms with E-state index in [1.807, 2.05) is 32.0 Å². The number of benzene rings is 1. The third kappa shape index (κ3) is 4.96. The van der Waals surface area contributed by atoms with Gasteiger partial charge in [-0.1, -0.05) is 6.42 Å². The number of amides is 1. The summed E-state index contributed by atoms with van der Waals surface area (Å²) in [5.41, 5.74) is 0.290. The standard InChI is InChI=1S/C21H28BrN3O4S/c1-15-7-4-5-11-25(15)30(27,28)16-9-10-18(22)17(13-16)21(26)23-14-19(24(2)3)20-8-6-12-29-20/h6,8-10,12-13,15,19H,4-5,7,11,14H2,1-3H3,(H,23,26)/t15-,19+/m1/s1. The second-order valence-electron chi connectivity index (χ2n) is 7.81. The van der Waals surface area contributed by atoms with Gasteiger partial charge in [0.15, 0.2) is 0 Å². The predicted molar refractivity (Wildman–Crippen MR) is 119 cm³/mol. The third-order valence-corrected chi connectivity index (χ3v) is 8.18. The van der Waals surface area contributed by atoms with Crippen LogP contribution in [0.15, 0.2) is 50.4 Å². The van der Waals surface area contributed by atoms with E-state index in [2.05, 4.69) is 21.2 Å². The highest BCUT2D eigenvalue weighted by Gasteiger charge is 2.31. The van der Waals surface area contributed by atoms with Gasteiger partial charge in [-0.05, 0) is 80.1 Å². The number of likely N-dealkylation sites (N-methyl/N-ethyl adjacent to an activating group) is 1. The first-order valence-corrected chi connectivity index (χ1v) is 12.2. The van der Waals surface area contributed by atoms with Gasteiger partial charge in [0.05, 0.1) is 22.8 Å². The highest BCUT2D eigenvalue weighted by atomic mass is 79.9. The Morgan fingerprint density at radius 2 is 2.10 bits per heavy atom. The fourth-order valence-corrected chi connectivity index (χ4v) is 5.86. The van der Waals surface area contributed by atoms with Crippen molar-refractivity contribution < 1.29 is 17.6 Å². The van der Waals surface area contributed by atoms with Gasteiger partial charge in [-0.25, -0.2) is 8.42 Å². The smallest absolute Gasteiger partial charge is 0.252 e. The molecule has 3 rings (SSSR count). The number of nitrogens with zero attached hydrogens (tertiary/aromatic N) is 2. The molecule has 1 aromatic heterocycles. The number of carbonyl (C=O) groups excluding carboxylic acids is 1. The van der Waals surface area contributed by atoms with Gasteiger partial charge in [-0.3, -0.25) is 9.69 Å². The van der Waals surface area contributed by atoms with Gasteiger partial charge >= 0.3 is 0 Å². The van der Waals surface area contributed by atoms with Crippen LogP contribution in [-0.4, -0.2) is 56.8 Å². The van der Waals surface area contributed by atoms with E-state index in [1.165, 1.54) is 6.07 Å². The van der Waals surface area contributed by atoms with Crippen LogP contribution in [0.4, 0.5) is 0 Å². The van der Waals surface area contributed by atoms with Crippen LogP contribution in [0.1, 0.15) is 48.3 Å². The molecule has 0 saturated carbocycles. The Morgan fingerprint density at radius 3 is 2.73 bits per heavy atom. The SMILES string of the molecule is C[C@@H]1CCCCN1S(=O)(=O)c1ccc(Br)c(C(=O)NC[C@@H](c2ccco2)N(C)C)c1. The number of hydrogen-bond acceptors (Lipinski definition) is 5. The molecule has 2 atom stereocenters. The Balaban J connectivity index is 1.80. The van der Waals surface area contributed by atoms with E-state index < -0.39 is 10.0 Å². The molecule has 0 aliphatic carbocycles. The zero-order valence-electron chi connectivity index (χ0n) is 17.5. The molecule has 1 amide bonds. The lowest BCUT2D eigenvalue weighted by atomic mass is 10.1. The molecular formula is C21H28BrN3O4S. The summed E-state index contributed by atoms with van der Waals surface area (Å²) < 4.78 is 33.9. The van der Waals surface area contributed by atoms with Crippen molar-refractivity contribution in [1.29, 1.82) is 0 Å². The average Bonchev–Trinajstić information content (AvgIpc) is 3.22. The number of sulfonamides is 1. The molecular weight excluding hydrogens is 470 g/mol. The maximum Gasteiger partial charge on any atom is 0.252 e. The molecule has 1 fully saturated rings. The highest BCUT2D eigenvalue weighted by molar-refractivity contribution is 9.10. The summed E-state index contributed by atoms with van der Waals surface area (Å²) in [6.45, 7) is 2.76. The van der Waals surface area contributed by atoms with Crippen LogP contribution in [0, 0.1) is 0 Å². The predicted octanol–water partition coefficient (Wildman–Crippen LogP) is 3.64. The molecule has 30 heavy (non-hydrogen) atoms. The fourth-order valence-electron chi connectivity index (χ4n) is 3.71. The summed E-state index contributed by atoms with van der Waals surface area (Å²) in [6, 6.07) is 8.10. The Bertz CT molecular complexity index is 976. The maximum absolute atomic E-state index is 13.2. The minimum atomic E-state index is -3.65. The zero-order valence-corrected chi connectivity index (χ0v) is 19.9. The molecule has 0 unspecified atom stereocenters. The molecule has 7 nitrogen and oxygen atoms in total. The van der Waals surface area contributed by atoms with Crippen LogP contribution >= 0.6 is 15.9 Å². The molecule has 164 valence electrons. The molecule has 9 heteroatoms. The number of hydrogen-bond donors (Lipinski definition) is 1. The third-order valence-electron chi connectivity index (χ3n) is 5.48. The van der Waals surface area contributed by atoms with E-state index >= 15 is 0 Å². The summed E-state index contributed by atoms with van der Waals surface area (Å²) in [6.07, 6.45) is 4.33. The van der Waals surface area contributed by atoms with Gasteiger partial charge in [0.25, 0.3) is 5.91 Å². The van der Waals surface area contributed by atoms with Crippen molar-refractivity contribution in [2.75, 3.05) is 27.2 Å². The minimum absolute atomic E-state index is 0.0428. The van der Waals surface area contributed by atoms with Crippen LogP contribution in [-0.2, 0) is 10.0 Å². The normalized spacial score (nSPS) is 19.0. The molecule has 1 aliphatic rings. The largest absolute Gasteiger partial charge is 0.468 e. The van der Waals surface area contributed by atoms with Crippen molar-refractivity contribution >= 4 is 31.9 Å². The van der Waals surface area contributed by atoms with Crippen LogP contribution in [0.2, 0.25) is 0 Å². The number of halogens is 1. The Kier molecular flexibility index (Phi) is 7.38. The molecule has 1 saturated heterocycles. The van der Waals surface area contributed by atoms with E-state index in [1.54, 1.807) is 28.8 Å². The number of furan rings is 1. The number of nitrogens with one attached hydrogen (secondary N) is 1. The van der Waals surface area contributed by atoms with E-state index in [9.17, 15) is 13.2 Å². The summed E-state index contributed by atoms with van der Waals surface area (Å²) in [5.74, 6) is 0.402. The number of piperidine rings is 1. The summed E-state index contributed by atoms with van der Waals surface area (Å²) in [4.78, 5) is 15.0. The Labute approximate surface area is 186 Å². The lowest BCUT2D eigenvalue weighted by Crippen LogP contribution is -2.42. The zero-order chi connectivity index (χ0) is 21.9. The van der Waals surface area contributed by atoms with Gasteiger partial charge in [0, 0.05) is 23.6 Å². The van der Waals surface area contributed by atoms with Crippen molar-refractivity contribution in [2.45, 2.75) is 43.2 Å². The second kappa shape index (κ2) is 9.64. The first-order valence-electron chi connectivity index (χ1n) is 10.0. The van der Waals surface area contributed by atoms with E-state index in [4.69, 9.17) is 4.42 Å². The van der Waals surface area contributed by atoms with Crippen molar-refractivity contribution in [3.05, 3.63) is 52.4 Å². The van der Waals surface area contributed by atoms with Crippen LogP contribution < -0.4 is 5.32 Å². The molecule has 2 heterocycles. The van der Waals surface area contributed by atoms with Gasteiger partial charge in [-0.2, -0.15) is 4.31 Å². The topological polar surface area (TPSA) is 82.9 Å². The summed E-state index contributed by atoms with van der Waals surface area (Å²) in [7, 11) is 0.155. The Morgan fingerprint density at radius 1 is 1.33 bits per heavy atom. The quantitative estimate of drug-likeness (QED) is 0.631. The van der Waals surface area contributed by atoms with Gasteiger partial charge < -0.3 is 9.73 Å². The lowest BCUT2D eigenvalue weighted by molar-refractivity contribution is 0.0938. The number of carbonyl (C=O) groups is 1. The van der Waals surface area contributed by atoms with Gasteiger partial charge in [0.1, 0.15) is 5.76 Å². The summed E-state index contributed by atoms with van der Waals surface area (Å²) in [5, 5.41) is 2.90. The van der Waals surface area contributed by atoms with Gasteiger partial charge in [-0.15, -0.1) is 0 Å². The molecule has 0 spiro atoms. The average molecular weight is 498 g/mol. The van der Waals surface area contributed by atoms with Crippen LogP contribution in [0.5, 0.6) is 0 Å². The monoisotopic (exact) mass is 497 g/mol. The minimum Gasteiger partial charge on any atom is -0.468 e. The van der Waals surface area contributed by atoms with E-state index in [0.717, 1.165) is 25.0 Å². The molecule has 1 aromatic carbocycles. The van der Waals surface area contributed by atoms with Crippen molar-refractivity contribution in [3.63, 3.8) is 0 Å². The highest BCUT2D eigenvalue weighted by Crippen LogP contribution is 2.28. The molecule has 1 aliphatic heterocycles. The first-order chi connectivity index (χ1) is 14.2. The second-order valence-corrected chi connectivity index (χ2v) is 10.6. The van der Waals surface area contributed by atoms with Crippen LogP contribution in [0.3, 0.4) is 0 Å². The molecule has 1 N–H and O–H groups in total. The molecule has 0 radical (unpaired) electrons. The van der Waals surface area contributed by atoms with Crippen molar-refractivity contribution in [3.8, 4) is 0 Å². The lowest BCUT2D eigenvalue weighted by Gasteiger charge is -2.32. The van der Waals surface area contributed by atoms with Crippen molar-refractivity contribution in [2.24, 2.45) is 0 Å². The molecule has 0 bridgehead atoms. The maximum atomic E-state index is 13.2. The van der Waals surface area contributed by atoms with Crippen molar-refractivity contribution in [1.82, 2.24) is 14.5 Å². The van der Waals surface area contributed by atoms with Crippen LogP contribution in [0.25, 0.3) is 0 Å². The van der Waals surface area contributed by atoms with E-state index in [-0.39, 0.29) is 28.4 Å².